The van der Waals surface area contributed by atoms with E-state index in [-0.39, 0.29) is 12.1 Å². The fourth-order valence-corrected chi connectivity index (χ4v) is 3.66. The van der Waals surface area contributed by atoms with Crippen molar-refractivity contribution in [3.63, 3.8) is 0 Å². The Kier molecular flexibility index (Phi) is 4.14. The van der Waals surface area contributed by atoms with Crippen molar-refractivity contribution in [3.05, 3.63) is 20.3 Å². The third-order valence-electron chi connectivity index (χ3n) is 2.99. The maximum Gasteiger partial charge on any atom is 0.0991 e. The SMILES string of the molecule is CC(NC1CCOC1C)c1cc(Cl)sc1Cl. The molecule has 0 aliphatic carbocycles. The molecule has 0 radical (unpaired) electrons. The van der Waals surface area contributed by atoms with Gasteiger partial charge in [0.05, 0.1) is 14.8 Å². The minimum Gasteiger partial charge on any atom is -0.377 e. The molecule has 1 saturated heterocycles. The van der Waals surface area contributed by atoms with Gasteiger partial charge in [-0.1, -0.05) is 23.2 Å². The number of halogens is 2. The van der Waals surface area contributed by atoms with E-state index in [1.54, 1.807) is 0 Å². The molecule has 16 heavy (non-hydrogen) atoms. The highest BCUT2D eigenvalue weighted by atomic mass is 35.5. The van der Waals surface area contributed by atoms with Crippen molar-refractivity contribution in [2.75, 3.05) is 6.61 Å². The maximum atomic E-state index is 6.12. The van der Waals surface area contributed by atoms with Crippen molar-refractivity contribution >= 4 is 34.5 Å². The predicted octanol–water partition coefficient (Wildman–Crippen LogP) is 3.88. The van der Waals surface area contributed by atoms with Crippen molar-refractivity contribution in [2.45, 2.75) is 38.5 Å². The van der Waals surface area contributed by atoms with E-state index >= 15 is 0 Å². The molecular weight excluding hydrogens is 265 g/mol. The fourth-order valence-electron chi connectivity index (χ4n) is 2.01. The van der Waals surface area contributed by atoms with Gasteiger partial charge in [0, 0.05) is 18.7 Å². The largest absolute Gasteiger partial charge is 0.377 e. The van der Waals surface area contributed by atoms with Crippen LogP contribution >= 0.6 is 34.5 Å². The molecule has 0 aromatic carbocycles. The number of ether oxygens (including phenoxy) is 1. The smallest absolute Gasteiger partial charge is 0.0991 e. The molecule has 1 aromatic heterocycles. The lowest BCUT2D eigenvalue weighted by Gasteiger charge is -2.21. The highest BCUT2D eigenvalue weighted by Gasteiger charge is 2.26. The summed E-state index contributed by atoms with van der Waals surface area (Å²) in [6.45, 7) is 5.04. The molecule has 2 heterocycles. The molecule has 1 fully saturated rings. The molecule has 0 bridgehead atoms. The van der Waals surface area contributed by atoms with Gasteiger partial charge < -0.3 is 10.1 Å². The molecule has 1 aromatic rings. The van der Waals surface area contributed by atoms with Crippen molar-refractivity contribution in [1.82, 2.24) is 5.32 Å². The summed E-state index contributed by atoms with van der Waals surface area (Å²) in [5, 5.41) is 3.54. The lowest BCUT2D eigenvalue weighted by molar-refractivity contribution is 0.111. The zero-order valence-corrected chi connectivity index (χ0v) is 11.6. The zero-order valence-electron chi connectivity index (χ0n) is 9.30. The highest BCUT2D eigenvalue weighted by molar-refractivity contribution is 7.20. The van der Waals surface area contributed by atoms with E-state index < -0.39 is 0 Å². The molecule has 0 saturated carbocycles. The van der Waals surface area contributed by atoms with Crippen LogP contribution in [0.15, 0.2) is 6.07 Å². The van der Waals surface area contributed by atoms with Gasteiger partial charge >= 0.3 is 0 Å². The summed E-state index contributed by atoms with van der Waals surface area (Å²) in [6, 6.07) is 2.56. The summed E-state index contributed by atoms with van der Waals surface area (Å²) in [6.07, 6.45) is 1.33. The molecule has 2 nitrogen and oxygen atoms in total. The van der Waals surface area contributed by atoms with Gasteiger partial charge in [-0.2, -0.15) is 0 Å². The first-order valence-corrected chi connectivity index (χ1v) is 6.97. The van der Waals surface area contributed by atoms with E-state index in [1.165, 1.54) is 11.3 Å². The van der Waals surface area contributed by atoms with Crippen LogP contribution in [0.4, 0.5) is 0 Å². The summed E-state index contributed by atoms with van der Waals surface area (Å²) in [7, 11) is 0. The molecule has 1 N–H and O–H groups in total. The van der Waals surface area contributed by atoms with Crippen LogP contribution in [-0.4, -0.2) is 18.8 Å². The minimum atomic E-state index is 0.213. The van der Waals surface area contributed by atoms with Crippen LogP contribution in [0.25, 0.3) is 0 Å². The minimum absolute atomic E-state index is 0.213. The van der Waals surface area contributed by atoms with E-state index in [0.717, 1.165) is 27.3 Å². The Morgan fingerprint density at radius 3 is 2.81 bits per heavy atom. The number of hydrogen-bond donors (Lipinski definition) is 1. The fraction of sp³-hybridized carbons (Fsp3) is 0.636. The van der Waals surface area contributed by atoms with Gasteiger partial charge in [0.1, 0.15) is 0 Å². The van der Waals surface area contributed by atoms with Crippen molar-refractivity contribution in [1.29, 1.82) is 0 Å². The van der Waals surface area contributed by atoms with Gasteiger partial charge in [0.2, 0.25) is 0 Å². The topological polar surface area (TPSA) is 21.3 Å². The predicted molar refractivity (Wildman–Crippen MR) is 69.7 cm³/mol. The molecule has 0 amide bonds. The van der Waals surface area contributed by atoms with Crippen molar-refractivity contribution in [3.8, 4) is 0 Å². The first-order chi connectivity index (χ1) is 7.58. The van der Waals surface area contributed by atoms with Gasteiger partial charge in [0.25, 0.3) is 0 Å². The van der Waals surface area contributed by atoms with E-state index in [9.17, 15) is 0 Å². The third-order valence-corrected chi connectivity index (χ3v) is 4.51. The molecule has 2 rings (SSSR count). The van der Waals surface area contributed by atoms with Crippen LogP contribution in [0.2, 0.25) is 8.67 Å². The lowest BCUT2D eigenvalue weighted by atomic mass is 10.1. The Hall–Kier alpha value is 0.200. The van der Waals surface area contributed by atoms with Crippen LogP contribution in [0.5, 0.6) is 0 Å². The summed E-state index contributed by atoms with van der Waals surface area (Å²) in [5.41, 5.74) is 1.08. The summed E-state index contributed by atoms with van der Waals surface area (Å²) < 4.78 is 7.03. The average molecular weight is 280 g/mol. The quantitative estimate of drug-likeness (QED) is 0.907. The molecule has 1 aliphatic heterocycles. The number of rotatable bonds is 3. The van der Waals surface area contributed by atoms with Crippen LogP contribution in [0.1, 0.15) is 31.9 Å². The zero-order chi connectivity index (χ0) is 11.7. The Balaban J connectivity index is 2.02. The second kappa shape index (κ2) is 5.23. The van der Waals surface area contributed by atoms with E-state index in [0.29, 0.717) is 6.04 Å². The van der Waals surface area contributed by atoms with Crippen LogP contribution in [0.3, 0.4) is 0 Å². The average Bonchev–Trinajstić information content (AvgIpc) is 2.74. The van der Waals surface area contributed by atoms with E-state index in [1.807, 2.05) is 6.07 Å². The van der Waals surface area contributed by atoms with Gasteiger partial charge in [-0.3, -0.25) is 0 Å². The molecule has 1 aliphatic rings. The Bertz CT molecular complexity index is 369. The Morgan fingerprint density at radius 1 is 1.56 bits per heavy atom. The number of thiophene rings is 1. The molecule has 3 atom stereocenters. The van der Waals surface area contributed by atoms with Gasteiger partial charge in [-0.05, 0) is 31.9 Å². The molecule has 5 heteroatoms. The van der Waals surface area contributed by atoms with Gasteiger partial charge in [0.15, 0.2) is 0 Å². The standard InChI is InChI=1S/C11H15Cl2NOS/c1-6(8-5-10(12)16-11(8)13)14-9-3-4-15-7(9)2/h5-7,9,14H,3-4H2,1-2H3. The van der Waals surface area contributed by atoms with Gasteiger partial charge in [-0.25, -0.2) is 0 Å². The van der Waals surface area contributed by atoms with Crippen molar-refractivity contribution in [2.24, 2.45) is 0 Å². The van der Waals surface area contributed by atoms with Gasteiger partial charge in [-0.15, -0.1) is 11.3 Å². The third kappa shape index (κ3) is 2.71. The Labute approximate surface area is 110 Å². The number of hydrogen-bond acceptors (Lipinski definition) is 3. The van der Waals surface area contributed by atoms with E-state index in [4.69, 9.17) is 27.9 Å². The Morgan fingerprint density at radius 2 is 2.31 bits per heavy atom. The first kappa shape index (κ1) is 12.7. The monoisotopic (exact) mass is 279 g/mol. The van der Waals surface area contributed by atoms with E-state index in [2.05, 4.69) is 19.2 Å². The summed E-state index contributed by atoms with van der Waals surface area (Å²) in [5.74, 6) is 0. The van der Waals surface area contributed by atoms with Crippen LogP contribution in [-0.2, 0) is 4.74 Å². The molecule has 0 spiro atoms. The second-order valence-electron chi connectivity index (χ2n) is 4.14. The maximum absolute atomic E-state index is 6.12. The molecule has 90 valence electrons. The van der Waals surface area contributed by atoms with Crippen molar-refractivity contribution < 1.29 is 4.74 Å². The second-order valence-corrected chi connectivity index (χ2v) is 6.42. The highest BCUT2D eigenvalue weighted by Crippen LogP contribution is 2.35. The molecular formula is C11H15Cl2NOS. The number of nitrogens with one attached hydrogen (secondary N) is 1. The summed E-state index contributed by atoms with van der Waals surface area (Å²) in [4.78, 5) is 0. The molecule has 3 unspecified atom stereocenters. The summed E-state index contributed by atoms with van der Waals surface area (Å²) >= 11 is 13.5. The van der Waals surface area contributed by atoms with Crippen LogP contribution < -0.4 is 5.32 Å². The normalized spacial score (nSPS) is 27.2. The van der Waals surface area contributed by atoms with Crippen LogP contribution in [0, 0.1) is 0 Å². The lowest BCUT2D eigenvalue weighted by Crippen LogP contribution is -2.36. The first-order valence-electron chi connectivity index (χ1n) is 5.40.